The van der Waals surface area contributed by atoms with E-state index in [2.05, 4.69) is 28.1 Å². The van der Waals surface area contributed by atoms with Crippen LogP contribution < -0.4 is 20.7 Å². The summed E-state index contributed by atoms with van der Waals surface area (Å²) in [5.41, 5.74) is 3.50. The molecule has 0 bridgehead atoms. The van der Waals surface area contributed by atoms with Gasteiger partial charge in [-0.15, -0.1) is 0 Å². The van der Waals surface area contributed by atoms with Gasteiger partial charge < -0.3 is 25.0 Å². The molecule has 2 amide bonds. The molecule has 2 aromatic rings. The zero-order valence-electron chi connectivity index (χ0n) is 18.9. The number of nitrogens with zero attached hydrogens (tertiary/aromatic N) is 2. The number of para-hydroxylation sites is 1. The predicted molar refractivity (Wildman–Crippen MR) is 127 cm³/mol. The van der Waals surface area contributed by atoms with Crippen molar-refractivity contribution in [3.05, 3.63) is 53.6 Å². The summed E-state index contributed by atoms with van der Waals surface area (Å²) < 4.78 is 10.6. The van der Waals surface area contributed by atoms with Crippen molar-refractivity contribution in [1.82, 2.24) is 10.2 Å². The van der Waals surface area contributed by atoms with E-state index in [0.29, 0.717) is 44.2 Å². The second-order valence-corrected chi connectivity index (χ2v) is 8.25. The molecule has 2 aromatic carbocycles. The van der Waals surface area contributed by atoms with Gasteiger partial charge in [0.1, 0.15) is 11.6 Å². The summed E-state index contributed by atoms with van der Waals surface area (Å²) in [6.45, 7) is 4.92. The van der Waals surface area contributed by atoms with E-state index < -0.39 is 5.54 Å². The average Bonchev–Trinajstić information content (AvgIpc) is 3.17. The molecule has 8 nitrogen and oxygen atoms in total. The van der Waals surface area contributed by atoms with Gasteiger partial charge in [-0.3, -0.25) is 10.3 Å². The largest absolute Gasteiger partial charge is 0.495 e. The molecular weight excluding hydrogens is 406 g/mol. The summed E-state index contributed by atoms with van der Waals surface area (Å²) in [6, 6.07) is 13.8. The summed E-state index contributed by atoms with van der Waals surface area (Å²) in [5.74, 6) is 1.49. The topological polar surface area (TPSA) is 87.2 Å². The predicted octanol–water partition coefficient (Wildman–Crippen LogP) is 3.24. The number of aliphatic imine (C=N–C) groups is 1. The Hall–Kier alpha value is -3.10. The molecule has 1 unspecified atom stereocenters. The van der Waals surface area contributed by atoms with Gasteiger partial charge in [-0.05, 0) is 42.7 Å². The van der Waals surface area contributed by atoms with Crippen molar-refractivity contribution in [2.75, 3.05) is 51.1 Å². The Morgan fingerprint density at radius 3 is 2.91 bits per heavy atom. The number of anilines is 2. The quantitative estimate of drug-likeness (QED) is 0.625. The van der Waals surface area contributed by atoms with Crippen molar-refractivity contribution in [2.45, 2.75) is 25.4 Å². The van der Waals surface area contributed by atoms with Gasteiger partial charge in [0.25, 0.3) is 0 Å². The van der Waals surface area contributed by atoms with E-state index in [4.69, 9.17) is 14.5 Å². The van der Waals surface area contributed by atoms with Crippen molar-refractivity contribution in [3.63, 3.8) is 0 Å². The molecule has 0 saturated carbocycles. The molecule has 0 radical (unpaired) electrons. The van der Waals surface area contributed by atoms with Gasteiger partial charge in [-0.2, -0.15) is 0 Å². The normalized spacial score (nSPS) is 21.2. The molecule has 1 fully saturated rings. The number of carbonyl (C=O) groups excluding carboxylic acids is 1. The number of aryl methyl sites for hydroxylation is 1. The Kier molecular flexibility index (Phi) is 6.62. The number of benzene rings is 2. The van der Waals surface area contributed by atoms with Crippen molar-refractivity contribution in [3.8, 4) is 5.75 Å². The van der Waals surface area contributed by atoms with Crippen LogP contribution in [0, 0.1) is 6.92 Å². The molecule has 1 spiro atoms. The number of carbonyl (C=O) groups is 1. The number of hydrogen-bond donors (Lipinski definition) is 3. The lowest BCUT2D eigenvalue weighted by atomic mass is 9.96. The third-order valence-corrected chi connectivity index (χ3v) is 6.06. The Labute approximate surface area is 189 Å². The maximum Gasteiger partial charge on any atom is 0.322 e. The Morgan fingerprint density at radius 2 is 2.09 bits per heavy atom. The van der Waals surface area contributed by atoms with Gasteiger partial charge in [-0.1, -0.05) is 24.3 Å². The second-order valence-electron chi connectivity index (χ2n) is 8.25. The van der Waals surface area contributed by atoms with Crippen molar-refractivity contribution >= 4 is 23.2 Å². The fourth-order valence-electron chi connectivity index (χ4n) is 4.27. The van der Waals surface area contributed by atoms with Crippen LogP contribution in [0.15, 0.2) is 47.5 Å². The van der Waals surface area contributed by atoms with Gasteiger partial charge in [0, 0.05) is 32.4 Å². The highest BCUT2D eigenvalue weighted by atomic mass is 16.5. The molecule has 1 atom stereocenters. The lowest BCUT2D eigenvalue weighted by molar-refractivity contribution is 0.207. The number of fused-ring (bicyclic) bond motifs is 1. The van der Waals surface area contributed by atoms with Crippen LogP contribution in [0.5, 0.6) is 5.75 Å². The zero-order valence-corrected chi connectivity index (χ0v) is 18.9. The molecule has 0 aromatic heterocycles. The first-order chi connectivity index (χ1) is 15.5. The van der Waals surface area contributed by atoms with Crippen LogP contribution in [0.2, 0.25) is 0 Å². The van der Waals surface area contributed by atoms with Crippen LogP contribution in [0.4, 0.5) is 16.2 Å². The first-order valence-electron chi connectivity index (χ1n) is 10.9. The fraction of sp³-hybridized carbons (Fsp3) is 0.417. The SMILES string of the molecule is COCCN=C1Nc2ccccc2CNC12CCN(C(=O)Nc1cc(C)ccc1OC)C2. The van der Waals surface area contributed by atoms with Crippen LogP contribution in [0.3, 0.4) is 0 Å². The number of likely N-dealkylation sites (tertiary alicyclic amines) is 1. The lowest BCUT2D eigenvalue weighted by Gasteiger charge is -2.30. The van der Waals surface area contributed by atoms with Crippen molar-refractivity contribution in [1.29, 1.82) is 0 Å². The van der Waals surface area contributed by atoms with Gasteiger partial charge >= 0.3 is 6.03 Å². The van der Waals surface area contributed by atoms with Crippen molar-refractivity contribution < 1.29 is 14.3 Å². The molecule has 4 rings (SSSR count). The number of methoxy groups -OCH3 is 2. The van der Waals surface area contributed by atoms with E-state index in [-0.39, 0.29) is 6.03 Å². The van der Waals surface area contributed by atoms with Gasteiger partial charge in [0.15, 0.2) is 0 Å². The lowest BCUT2D eigenvalue weighted by Crippen LogP contribution is -2.55. The molecule has 170 valence electrons. The number of amidine groups is 1. The molecule has 8 heteroatoms. The monoisotopic (exact) mass is 437 g/mol. The molecule has 2 aliphatic rings. The van der Waals surface area contributed by atoms with E-state index in [9.17, 15) is 4.79 Å². The summed E-state index contributed by atoms with van der Waals surface area (Å²) in [5, 5.41) is 10.2. The summed E-state index contributed by atoms with van der Waals surface area (Å²) in [6.07, 6.45) is 0.762. The van der Waals surface area contributed by atoms with Gasteiger partial charge in [0.2, 0.25) is 0 Å². The first-order valence-corrected chi connectivity index (χ1v) is 10.9. The second kappa shape index (κ2) is 9.58. The molecular formula is C24H31N5O3. The minimum Gasteiger partial charge on any atom is -0.495 e. The van der Waals surface area contributed by atoms with E-state index in [1.807, 2.05) is 42.2 Å². The minimum atomic E-state index is -0.444. The van der Waals surface area contributed by atoms with Crippen LogP contribution >= 0.6 is 0 Å². The maximum absolute atomic E-state index is 13.1. The Morgan fingerprint density at radius 1 is 1.25 bits per heavy atom. The zero-order chi connectivity index (χ0) is 22.6. The van der Waals surface area contributed by atoms with E-state index in [1.165, 1.54) is 5.56 Å². The smallest absolute Gasteiger partial charge is 0.322 e. The maximum atomic E-state index is 13.1. The van der Waals surface area contributed by atoms with E-state index in [0.717, 1.165) is 23.5 Å². The summed E-state index contributed by atoms with van der Waals surface area (Å²) in [7, 11) is 3.28. The molecule has 1 saturated heterocycles. The number of urea groups is 1. The molecule has 3 N–H and O–H groups in total. The summed E-state index contributed by atoms with van der Waals surface area (Å²) >= 11 is 0. The standard InChI is InChI=1S/C24H31N5O3/c1-17-8-9-21(32-3)20(14-17)28-23(30)29-12-10-24(16-29)22(25-11-13-31-2)27-19-7-5-4-6-18(19)15-26-24/h4-9,14,26H,10-13,15-16H2,1-3H3,(H,25,27)(H,28,30). The van der Waals surface area contributed by atoms with Crippen LogP contribution in [-0.2, 0) is 11.3 Å². The van der Waals surface area contributed by atoms with E-state index in [1.54, 1.807) is 14.2 Å². The third-order valence-electron chi connectivity index (χ3n) is 6.06. The Bertz CT molecular complexity index is 1010. The van der Waals surface area contributed by atoms with Gasteiger partial charge in [-0.25, -0.2) is 4.79 Å². The minimum absolute atomic E-state index is 0.148. The van der Waals surface area contributed by atoms with E-state index >= 15 is 0 Å². The highest BCUT2D eigenvalue weighted by molar-refractivity contribution is 6.05. The van der Waals surface area contributed by atoms with Crippen LogP contribution in [-0.4, -0.2) is 62.8 Å². The molecule has 2 aliphatic heterocycles. The molecule has 2 heterocycles. The Balaban J connectivity index is 1.55. The van der Waals surface area contributed by atoms with Crippen LogP contribution in [0.1, 0.15) is 17.5 Å². The number of rotatable bonds is 5. The number of hydrogen-bond acceptors (Lipinski definition) is 5. The number of amides is 2. The number of nitrogens with one attached hydrogen (secondary N) is 3. The van der Waals surface area contributed by atoms with Crippen molar-refractivity contribution in [2.24, 2.45) is 4.99 Å². The molecule has 32 heavy (non-hydrogen) atoms. The number of ether oxygens (including phenoxy) is 2. The first kappa shape index (κ1) is 22.1. The summed E-state index contributed by atoms with van der Waals surface area (Å²) in [4.78, 5) is 19.8. The highest BCUT2D eigenvalue weighted by Gasteiger charge is 2.45. The van der Waals surface area contributed by atoms with Gasteiger partial charge in [0.05, 0.1) is 31.5 Å². The average molecular weight is 438 g/mol. The van der Waals surface area contributed by atoms with Crippen LogP contribution in [0.25, 0.3) is 0 Å². The molecule has 0 aliphatic carbocycles. The highest BCUT2D eigenvalue weighted by Crippen LogP contribution is 2.31. The third kappa shape index (κ3) is 4.56. The fourth-order valence-corrected chi connectivity index (χ4v) is 4.27.